The lowest BCUT2D eigenvalue weighted by molar-refractivity contribution is 0.303. The highest BCUT2D eigenvalue weighted by molar-refractivity contribution is 6.31. The minimum Gasteiger partial charge on any atom is -0.489 e. The van der Waals surface area contributed by atoms with Gasteiger partial charge in [-0.25, -0.2) is 4.39 Å². The van der Waals surface area contributed by atoms with Crippen molar-refractivity contribution in [3.05, 3.63) is 63.9 Å². The molecule has 0 N–H and O–H groups in total. The highest BCUT2D eigenvalue weighted by Crippen LogP contribution is 2.26. The van der Waals surface area contributed by atoms with E-state index in [-0.39, 0.29) is 5.82 Å². The zero-order valence-corrected chi connectivity index (χ0v) is 12.7. The largest absolute Gasteiger partial charge is 0.489 e. The molecule has 0 saturated heterocycles. The van der Waals surface area contributed by atoms with Crippen LogP contribution in [0.1, 0.15) is 36.5 Å². The van der Waals surface area contributed by atoms with E-state index < -0.39 is 0 Å². The second kappa shape index (κ2) is 6.27. The molecule has 1 nitrogen and oxygen atoms in total. The maximum absolute atomic E-state index is 13.0. The van der Waals surface area contributed by atoms with Gasteiger partial charge in [0.15, 0.2) is 0 Å². The average molecular weight is 293 g/mol. The molecule has 0 radical (unpaired) electrons. The fourth-order valence-electron chi connectivity index (χ4n) is 1.93. The molecule has 0 amide bonds. The molecule has 3 heteroatoms. The summed E-state index contributed by atoms with van der Waals surface area (Å²) in [5, 5.41) is 0.391. The first-order valence-corrected chi connectivity index (χ1v) is 7.02. The van der Waals surface area contributed by atoms with Gasteiger partial charge in [-0.3, -0.25) is 0 Å². The molecule has 0 heterocycles. The van der Waals surface area contributed by atoms with Crippen LogP contribution in [0.15, 0.2) is 36.4 Å². The first kappa shape index (κ1) is 14.9. The van der Waals surface area contributed by atoms with Crippen LogP contribution >= 0.6 is 11.6 Å². The quantitative estimate of drug-likeness (QED) is 0.724. The smallest absolute Gasteiger partial charge is 0.124 e. The van der Waals surface area contributed by atoms with Crippen LogP contribution in [0.5, 0.6) is 5.75 Å². The van der Waals surface area contributed by atoms with E-state index in [2.05, 4.69) is 32.0 Å². The lowest BCUT2D eigenvalue weighted by Crippen LogP contribution is -1.99. The van der Waals surface area contributed by atoms with E-state index in [1.165, 1.54) is 17.7 Å². The van der Waals surface area contributed by atoms with Crippen molar-refractivity contribution in [1.82, 2.24) is 0 Å². The van der Waals surface area contributed by atoms with Gasteiger partial charge in [0.25, 0.3) is 0 Å². The van der Waals surface area contributed by atoms with Gasteiger partial charge < -0.3 is 4.74 Å². The molecule has 2 aromatic rings. The molecule has 0 fully saturated rings. The third-order valence-electron chi connectivity index (χ3n) is 3.28. The van der Waals surface area contributed by atoms with Crippen LogP contribution in [-0.4, -0.2) is 0 Å². The summed E-state index contributed by atoms with van der Waals surface area (Å²) < 4.78 is 18.8. The molecule has 0 aliphatic rings. The topological polar surface area (TPSA) is 9.23 Å². The molecular formula is C17H18ClFO. The summed E-state index contributed by atoms with van der Waals surface area (Å²) in [6.45, 7) is 6.63. The zero-order valence-electron chi connectivity index (χ0n) is 11.9. The first-order chi connectivity index (χ1) is 9.47. The van der Waals surface area contributed by atoms with Crippen molar-refractivity contribution >= 4 is 11.6 Å². The average Bonchev–Trinajstić information content (AvgIpc) is 2.39. The molecule has 0 unspecified atom stereocenters. The lowest BCUT2D eigenvalue weighted by Gasteiger charge is -2.13. The molecule has 0 saturated carbocycles. The van der Waals surface area contributed by atoms with Gasteiger partial charge in [0.05, 0.1) is 5.02 Å². The van der Waals surface area contributed by atoms with Gasteiger partial charge in [0.2, 0.25) is 0 Å². The van der Waals surface area contributed by atoms with Crippen LogP contribution in [0, 0.1) is 12.7 Å². The highest BCUT2D eigenvalue weighted by atomic mass is 35.5. The predicted octanol–water partition coefficient (Wildman–Crippen LogP) is 5.49. The molecule has 0 aromatic heterocycles. The van der Waals surface area contributed by atoms with Crippen LogP contribution in [0.2, 0.25) is 5.02 Å². The Bertz CT molecular complexity index is 608. The van der Waals surface area contributed by atoms with E-state index >= 15 is 0 Å². The Morgan fingerprint density at radius 1 is 1.15 bits per heavy atom. The molecule has 2 aromatic carbocycles. The zero-order chi connectivity index (χ0) is 14.7. The van der Waals surface area contributed by atoms with Gasteiger partial charge in [-0.15, -0.1) is 0 Å². The second-order valence-corrected chi connectivity index (χ2v) is 5.61. The fourth-order valence-corrected chi connectivity index (χ4v) is 2.15. The molecule has 2 rings (SSSR count). The van der Waals surface area contributed by atoms with E-state index in [1.54, 1.807) is 6.07 Å². The Balaban J connectivity index is 2.16. The summed E-state index contributed by atoms with van der Waals surface area (Å²) in [5.74, 6) is 0.959. The van der Waals surface area contributed by atoms with Crippen molar-refractivity contribution in [2.75, 3.05) is 0 Å². The Morgan fingerprint density at radius 3 is 2.55 bits per heavy atom. The maximum Gasteiger partial charge on any atom is 0.124 e. The highest BCUT2D eigenvalue weighted by Gasteiger charge is 2.07. The molecule has 0 aliphatic heterocycles. The van der Waals surface area contributed by atoms with Gasteiger partial charge in [0.1, 0.15) is 18.2 Å². The van der Waals surface area contributed by atoms with E-state index in [1.807, 2.05) is 6.92 Å². The molecule has 20 heavy (non-hydrogen) atoms. The normalized spacial score (nSPS) is 10.9. The summed E-state index contributed by atoms with van der Waals surface area (Å²) in [6.07, 6.45) is 0. The first-order valence-electron chi connectivity index (χ1n) is 6.64. The maximum atomic E-state index is 13.0. The van der Waals surface area contributed by atoms with Crippen molar-refractivity contribution in [2.45, 2.75) is 33.3 Å². The summed E-state index contributed by atoms with van der Waals surface area (Å²) in [5.41, 5.74) is 3.09. The van der Waals surface area contributed by atoms with E-state index in [4.69, 9.17) is 16.3 Å². The number of hydrogen-bond donors (Lipinski definition) is 0. The predicted molar refractivity (Wildman–Crippen MR) is 81.0 cm³/mol. The number of benzene rings is 2. The minimum atomic E-state index is -0.336. The molecule has 0 aliphatic carbocycles. The van der Waals surface area contributed by atoms with E-state index in [0.29, 0.717) is 17.5 Å². The third-order valence-corrected chi connectivity index (χ3v) is 3.63. The van der Waals surface area contributed by atoms with Crippen molar-refractivity contribution < 1.29 is 9.13 Å². The lowest BCUT2D eigenvalue weighted by atomic mass is 10.0. The van der Waals surface area contributed by atoms with E-state index in [9.17, 15) is 4.39 Å². The van der Waals surface area contributed by atoms with Gasteiger partial charge in [-0.05, 0) is 42.2 Å². The Labute approximate surface area is 124 Å². The monoisotopic (exact) mass is 292 g/mol. The van der Waals surface area contributed by atoms with Crippen LogP contribution in [0.25, 0.3) is 0 Å². The van der Waals surface area contributed by atoms with Crippen LogP contribution in [-0.2, 0) is 6.61 Å². The van der Waals surface area contributed by atoms with Crippen LogP contribution < -0.4 is 4.74 Å². The van der Waals surface area contributed by atoms with Crippen molar-refractivity contribution in [2.24, 2.45) is 0 Å². The van der Waals surface area contributed by atoms with E-state index in [0.717, 1.165) is 16.9 Å². The summed E-state index contributed by atoms with van der Waals surface area (Å²) >= 11 is 6.00. The fraction of sp³-hybridized carbons (Fsp3) is 0.294. The van der Waals surface area contributed by atoms with Crippen molar-refractivity contribution in [3.63, 3.8) is 0 Å². The van der Waals surface area contributed by atoms with Crippen LogP contribution in [0.4, 0.5) is 4.39 Å². The number of halogens is 2. The second-order valence-electron chi connectivity index (χ2n) is 5.20. The summed E-state index contributed by atoms with van der Waals surface area (Å²) in [7, 11) is 0. The number of rotatable bonds is 4. The Morgan fingerprint density at radius 2 is 1.90 bits per heavy atom. The van der Waals surface area contributed by atoms with Crippen molar-refractivity contribution in [3.8, 4) is 5.75 Å². The standard InChI is InChI=1S/C17H18ClFO/c1-11(2)13-5-4-12(3)17(8-13)20-10-14-6-7-15(19)9-16(14)18/h4-9,11H,10H2,1-3H3. The molecule has 0 bridgehead atoms. The summed E-state index contributed by atoms with van der Waals surface area (Å²) in [6, 6.07) is 10.6. The molecule has 0 spiro atoms. The molecule has 0 atom stereocenters. The molecule has 106 valence electrons. The number of ether oxygens (including phenoxy) is 1. The Hall–Kier alpha value is -1.54. The van der Waals surface area contributed by atoms with Crippen LogP contribution in [0.3, 0.4) is 0 Å². The van der Waals surface area contributed by atoms with Gasteiger partial charge in [-0.2, -0.15) is 0 Å². The SMILES string of the molecule is Cc1ccc(C(C)C)cc1OCc1ccc(F)cc1Cl. The van der Waals surface area contributed by atoms with Crippen molar-refractivity contribution in [1.29, 1.82) is 0 Å². The summed E-state index contributed by atoms with van der Waals surface area (Å²) in [4.78, 5) is 0. The minimum absolute atomic E-state index is 0.335. The Kier molecular flexibility index (Phi) is 4.66. The van der Waals surface area contributed by atoms with Gasteiger partial charge in [-0.1, -0.05) is 43.6 Å². The third kappa shape index (κ3) is 3.51. The number of hydrogen-bond acceptors (Lipinski definition) is 1. The van der Waals surface area contributed by atoms with Gasteiger partial charge >= 0.3 is 0 Å². The number of aryl methyl sites for hydroxylation is 1. The van der Waals surface area contributed by atoms with Gasteiger partial charge in [0, 0.05) is 5.56 Å². The molecular weight excluding hydrogens is 275 g/mol.